The molecule has 0 radical (unpaired) electrons. The SMILES string of the molecule is CC(=O)c1cccc(OCCCC(=O)NC(CC(=O)O)c2ccccc2)c1. The maximum Gasteiger partial charge on any atom is 0.305 e. The van der Waals surface area contributed by atoms with Crippen molar-refractivity contribution in [1.82, 2.24) is 5.32 Å². The maximum absolute atomic E-state index is 12.2. The Kier molecular flexibility index (Phi) is 7.55. The second kappa shape index (κ2) is 10.1. The van der Waals surface area contributed by atoms with Crippen LogP contribution in [0.2, 0.25) is 0 Å². The van der Waals surface area contributed by atoms with Crippen molar-refractivity contribution in [3.8, 4) is 5.75 Å². The van der Waals surface area contributed by atoms with Crippen molar-refractivity contribution >= 4 is 17.7 Å². The zero-order valence-electron chi connectivity index (χ0n) is 15.2. The van der Waals surface area contributed by atoms with E-state index in [2.05, 4.69) is 5.32 Å². The Morgan fingerprint density at radius 2 is 1.81 bits per heavy atom. The van der Waals surface area contributed by atoms with Gasteiger partial charge in [0.05, 0.1) is 19.1 Å². The summed E-state index contributed by atoms with van der Waals surface area (Å²) in [4.78, 5) is 34.6. The van der Waals surface area contributed by atoms with Gasteiger partial charge in [0.15, 0.2) is 5.78 Å². The van der Waals surface area contributed by atoms with Crippen LogP contribution in [0.3, 0.4) is 0 Å². The van der Waals surface area contributed by atoms with Gasteiger partial charge in [-0.1, -0.05) is 42.5 Å². The summed E-state index contributed by atoms with van der Waals surface area (Å²) in [7, 11) is 0. The Morgan fingerprint density at radius 1 is 1.07 bits per heavy atom. The van der Waals surface area contributed by atoms with Gasteiger partial charge in [-0.3, -0.25) is 14.4 Å². The average Bonchev–Trinajstić information content (AvgIpc) is 2.65. The Balaban J connectivity index is 1.81. The van der Waals surface area contributed by atoms with Gasteiger partial charge in [-0.2, -0.15) is 0 Å². The molecule has 0 saturated carbocycles. The molecular formula is C21H23NO5. The number of ether oxygens (including phenoxy) is 1. The van der Waals surface area contributed by atoms with Crippen LogP contribution in [0.1, 0.15) is 48.1 Å². The van der Waals surface area contributed by atoms with Crippen molar-refractivity contribution in [3.05, 3.63) is 65.7 Å². The quantitative estimate of drug-likeness (QED) is 0.495. The first-order valence-corrected chi connectivity index (χ1v) is 8.75. The highest BCUT2D eigenvalue weighted by atomic mass is 16.5. The number of benzene rings is 2. The summed E-state index contributed by atoms with van der Waals surface area (Å²) in [5, 5.41) is 11.8. The molecule has 0 aliphatic heterocycles. The first-order valence-electron chi connectivity index (χ1n) is 8.75. The monoisotopic (exact) mass is 369 g/mol. The zero-order valence-corrected chi connectivity index (χ0v) is 15.2. The summed E-state index contributed by atoms with van der Waals surface area (Å²) in [6.45, 7) is 1.81. The van der Waals surface area contributed by atoms with Crippen molar-refractivity contribution in [3.63, 3.8) is 0 Å². The van der Waals surface area contributed by atoms with E-state index in [0.717, 1.165) is 5.56 Å². The predicted molar refractivity (Wildman–Crippen MR) is 101 cm³/mol. The van der Waals surface area contributed by atoms with Crippen LogP contribution in [0.25, 0.3) is 0 Å². The highest BCUT2D eigenvalue weighted by molar-refractivity contribution is 5.94. The second-order valence-corrected chi connectivity index (χ2v) is 6.16. The molecule has 1 amide bonds. The molecule has 2 aromatic carbocycles. The van der Waals surface area contributed by atoms with E-state index in [1.54, 1.807) is 48.5 Å². The highest BCUT2D eigenvalue weighted by Gasteiger charge is 2.17. The van der Waals surface area contributed by atoms with Crippen LogP contribution in [-0.2, 0) is 9.59 Å². The third kappa shape index (κ3) is 6.93. The topological polar surface area (TPSA) is 92.7 Å². The van der Waals surface area contributed by atoms with Gasteiger partial charge in [0.25, 0.3) is 0 Å². The van der Waals surface area contributed by atoms with Gasteiger partial charge in [0, 0.05) is 12.0 Å². The Bertz CT molecular complexity index is 788. The molecular weight excluding hydrogens is 346 g/mol. The normalized spacial score (nSPS) is 11.4. The molecule has 2 rings (SSSR count). The van der Waals surface area contributed by atoms with Crippen LogP contribution >= 0.6 is 0 Å². The molecule has 1 unspecified atom stereocenters. The number of amides is 1. The summed E-state index contributed by atoms with van der Waals surface area (Å²) in [6.07, 6.45) is 0.518. The zero-order chi connectivity index (χ0) is 19.6. The van der Waals surface area contributed by atoms with Crippen LogP contribution in [0.5, 0.6) is 5.75 Å². The minimum atomic E-state index is -0.974. The Hall–Kier alpha value is -3.15. The molecule has 0 bridgehead atoms. The first-order chi connectivity index (χ1) is 13.0. The molecule has 0 aliphatic rings. The summed E-state index contributed by atoms with van der Waals surface area (Å²) in [5.74, 6) is -0.662. The van der Waals surface area contributed by atoms with Crippen LogP contribution < -0.4 is 10.1 Å². The number of rotatable bonds is 10. The van der Waals surface area contributed by atoms with E-state index in [-0.39, 0.29) is 24.5 Å². The van der Waals surface area contributed by atoms with Crippen molar-refractivity contribution in [2.24, 2.45) is 0 Å². The lowest BCUT2D eigenvalue weighted by Gasteiger charge is -2.17. The van der Waals surface area contributed by atoms with Crippen LogP contribution in [0, 0.1) is 0 Å². The minimum absolute atomic E-state index is 0.0368. The van der Waals surface area contributed by atoms with Crippen molar-refractivity contribution < 1.29 is 24.2 Å². The summed E-state index contributed by atoms with van der Waals surface area (Å²) >= 11 is 0. The van der Waals surface area contributed by atoms with E-state index >= 15 is 0 Å². The molecule has 0 heterocycles. The largest absolute Gasteiger partial charge is 0.494 e. The van der Waals surface area contributed by atoms with Gasteiger partial charge in [0.2, 0.25) is 5.91 Å². The van der Waals surface area contributed by atoms with E-state index in [1.165, 1.54) is 6.92 Å². The number of aliphatic carboxylic acids is 1. The average molecular weight is 369 g/mol. The number of nitrogens with one attached hydrogen (secondary N) is 1. The van der Waals surface area contributed by atoms with E-state index in [4.69, 9.17) is 9.84 Å². The smallest absolute Gasteiger partial charge is 0.305 e. The van der Waals surface area contributed by atoms with Gasteiger partial charge in [0.1, 0.15) is 5.75 Å². The summed E-state index contributed by atoms with van der Waals surface area (Å²) < 4.78 is 5.58. The molecule has 6 heteroatoms. The predicted octanol–water partition coefficient (Wildman–Crippen LogP) is 3.38. The molecule has 0 spiro atoms. The summed E-state index contributed by atoms with van der Waals surface area (Å²) in [5.41, 5.74) is 1.33. The van der Waals surface area contributed by atoms with Gasteiger partial charge < -0.3 is 15.2 Å². The first kappa shape index (κ1) is 20.2. The Morgan fingerprint density at radius 3 is 2.48 bits per heavy atom. The summed E-state index contributed by atoms with van der Waals surface area (Å²) in [6, 6.07) is 15.3. The van der Waals surface area contributed by atoms with Crippen molar-refractivity contribution in [1.29, 1.82) is 0 Å². The third-order valence-electron chi connectivity index (χ3n) is 3.97. The maximum atomic E-state index is 12.2. The van der Waals surface area contributed by atoms with E-state index in [1.807, 2.05) is 6.07 Å². The van der Waals surface area contributed by atoms with E-state index in [9.17, 15) is 14.4 Å². The molecule has 1 atom stereocenters. The number of hydrogen-bond donors (Lipinski definition) is 2. The van der Waals surface area contributed by atoms with Crippen LogP contribution in [0.4, 0.5) is 0 Å². The lowest BCUT2D eigenvalue weighted by molar-refractivity contribution is -0.137. The van der Waals surface area contributed by atoms with Crippen LogP contribution in [0.15, 0.2) is 54.6 Å². The van der Waals surface area contributed by atoms with Gasteiger partial charge in [-0.25, -0.2) is 0 Å². The minimum Gasteiger partial charge on any atom is -0.494 e. The molecule has 142 valence electrons. The molecule has 0 saturated heterocycles. The van der Waals surface area contributed by atoms with Crippen LogP contribution in [-0.4, -0.2) is 29.4 Å². The third-order valence-corrected chi connectivity index (χ3v) is 3.97. The number of carbonyl (C=O) groups excluding carboxylic acids is 2. The number of ketones is 1. The van der Waals surface area contributed by atoms with Gasteiger partial charge in [-0.05, 0) is 31.0 Å². The molecule has 6 nitrogen and oxygen atoms in total. The van der Waals surface area contributed by atoms with Crippen molar-refractivity contribution in [2.75, 3.05) is 6.61 Å². The number of carboxylic acid groups (broad SMARTS) is 1. The molecule has 2 N–H and O–H groups in total. The second-order valence-electron chi connectivity index (χ2n) is 6.16. The highest BCUT2D eigenvalue weighted by Crippen LogP contribution is 2.17. The number of carboxylic acids is 1. The molecule has 2 aromatic rings. The van der Waals surface area contributed by atoms with Gasteiger partial charge >= 0.3 is 5.97 Å². The van der Waals surface area contributed by atoms with E-state index < -0.39 is 12.0 Å². The fraction of sp³-hybridized carbons (Fsp3) is 0.286. The number of carbonyl (C=O) groups is 3. The molecule has 0 fully saturated rings. The fourth-order valence-corrected chi connectivity index (χ4v) is 2.61. The fourth-order valence-electron chi connectivity index (χ4n) is 2.61. The standard InChI is InChI=1S/C21H23NO5/c1-15(23)17-9-5-10-18(13-17)27-12-6-11-20(24)22-19(14-21(25)26)16-7-3-2-4-8-16/h2-5,7-10,13,19H,6,11-12,14H2,1H3,(H,22,24)(H,25,26). The van der Waals surface area contributed by atoms with Crippen molar-refractivity contribution in [2.45, 2.75) is 32.2 Å². The number of Topliss-reactive ketones (excluding diaryl/α,β-unsaturated/α-hetero) is 1. The van der Waals surface area contributed by atoms with E-state index in [0.29, 0.717) is 24.3 Å². The lowest BCUT2D eigenvalue weighted by atomic mass is 10.0. The lowest BCUT2D eigenvalue weighted by Crippen LogP contribution is -2.30. The molecule has 0 aliphatic carbocycles. The molecule has 0 aromatic heterocycles. The Labute approximate surface area is 158 Å². The molecule has 27 heavy (non-hydrogen) atoms. The van der Waals surface area contributed by atoms with Gasteiger partial charge in [-0.15, -0.1) is 0 Å². The number of hydrogen-bond acceptors (Lipinski definition) is 4.